The molecule has 3 aliphatic rings. The van der Waals surface area contributed by atoms with Gasteiger partial charge in [0.1, 0.15) is 0 Å². The van der Waals surface area contributed by atoms with Crippen LogP contribution in [-0.4, -0.2) is 0 Å². The number of hydrogen-bond donors (Lipinski definition) is 0. The van der Waals surface area contributed by atoms with Crippen molar-refractivity contribution in [1.29, 1.82) is 0 Å². The van der Waals surface area contributed by atoms with Crippen LogP contribution in [0.1, 0.15) is 42.4 Å². The lowest BCUT2D eigenvalue weighted by Gasteiger charge is -2.47. The van der Waals surface area contributed by atoms with E-state index in [4.69, 9.17) is 0 Å². The number of fused-ring (bicyclic) bond motifs is 1. The molecule has 1 spiro atoms. The lowest BCUT2D eigenvalue weighted by atomic mass is 9.57. The number of benzene rings is 2. The topological polar surface area (TPSA) is 0 Å². The third kappa shape index (κ3) is 1.20. The van der Waals surface area contributed by atoms with Gasteiger partial charge in [0, 0.05) is 5.41 Å². The fraction of sp³-hybridized carbons (Fsp3) is 0.368. The van der Waals surface area contributed by atoms with E-state index in [1.165, 1.54) is 43.1 Å². The van der Waals surface area contributed by atoms with Crippen LogP contribution in [0.5, 0.6) is 0 Å². The molecule has 0 amide bonds. The molecule has 2 aromatic carbocycles. The molecule has 1 saturated carbocycles. The zero-order chi connectivity index (χ0) is 12.4. The Balaban J connectivity index is 1.96. The van der Waals surface area contributed by atoms with Gasteiger partial charge in [0.05, 0.1) is 0 Å². The van der Waals surface area contributed by atoms with Crippen molar-refractivity contribution >= 4 is 16.8 Å². The maximum Gasteiger partial charge on any atom is 0.0147 e. The van der Waals surface area contributed by atoms with Crippen molar-refractivity contribution in [2.45, 2.75) is 37.5 Å². The maximum absolute atomic E-state index is 2.54. The van der Waals surface area contributed by atoms with Crippen molar-refractivity contribution in [2.24, 2.45) is 5.92 Å². The van der Waals surface area contributed by atoms with Crippen LogP contribution in [0.3, 0.4) is 0 Å². The molecular weight excluding hydrogens is 228 g/mol. The minimum atomic E-state index is 0.379. The Kier molecular flexibility index (Phi) is 1.78. The van der Waals surface area contributed by atoms with Gasteiger partial charge in [0.25, 0.3) is 0 Å². The normalized spacial score (nSPS) is 30.6. The predicted octanol–water partition coefficient (Wildman–Crippen LogP) is 4.85. The van der Waals surface area contributed by atoms with Gasteiger partial charge in [-0.2, -0.15) is 0 Å². The summed E-state index contributed by atoms with van der Waals surface area (Å²) in [5, 5.41) is 2.99. The van der Waals surface area contributed by atoms with Crippen LogP contribution in [0.15, 0.2) is 36.4 Å². The Bertz CT molecular complexity index is 722. The summed E-state index contributed by atoms with van der Waals surface area (Å²) in [6.07, 6.45) is 11.9. The van der Waals surface area contributed by atoms with Crippen molar-refractivity contribution in [2.75, 3.05) is 0 Å². The average Bonchev–Trinajstić information content (AvgIpc) is 2.44. The summed E-state index contributed by atoms with van der Waals surface area (Å²) in [7, 11) is 0. The van der Waals surface area contributed by atoms with Gasteiger partial charge in [-0.3, -0.25) is 0 Å². The standard InChI is InChI=1S/C19H18/c1-4-14-6-7-16-11-13-3-2-9-19(12-13)10-8-15(5-1)17(14)18(16)19/h1,4-8,10,13H,2-3,9,11-12H2. The number of rotatable bonds is 0. The van der Waals surface area contributed by atoms with Gasteiger partial charge in [0.2, 0.25) is 0 Å². The van der Waals surface area contributed by atoms with Crippen molar-refractivity contribution in [3.63, 3.8) is 0 Å². The van der Waals surface area contributed by atoms with E-state index < -0.39 is 0 Å². The van der Waals surface area contributed by atoms with Gasteiger partial charge in [-0.15, -0.1) is 0 Å². The Morgan fingerprint density at radius 1 is 1.11 bits per heavy atom. The summed E-state index contributed by atoms with van der Waals surface area (Å²) in [4.78, 5) is 0. The number of hydrogen-bond acceptors (Lipinski definition) is 0. The van der Waals surface area contributed by atoms with Gasteiger partial charge in [-0.05, 0) is 52.6 Å². The molecular formula is C19H18. The summed E-state index contributed by atoms with van der Waals surface area (Å²) in [6, 6.07) is 11.5. The second kappa shape index (κ2) is 3.30. The van der Waals surface area contributed by atoms with E-state index in [9.17, 15) is 0 Å². The smallest absolute Gasteiger partial charge is 0.0147 e. The molecule has 2 atom stereocenters. The molecule has 0 saturated heterocycles. The van der Waals surface area contributed by atoms with Crippen molar-refractivity contribution < 1.29 is 0 Å². The van der Waals surface area contributed by atoms with E-state index in [2.05, 4.69) is 42.5 Å². The highest BCUT2D eigenvalue weighted by molar-refractivity contribution is 5.97. The summed E-state index contributed by atoms with van der Waals surface area (Å²) in [5.74, 6) is 0.925. The van der Waals surface area contributed by atoms with E-state index in [1.54, 1.807) is 16.5 Å². The minimum absolute atomic E-state index is 0.379. The highest BCUT2D eigenvalue weighted by Crippen LogP contribution is 2.54. The zero-order valence-electron chi connectivity index (χ0n) is 11.2. The Morgan fingerprint density at radius 2 is 2.11 bits per heavy atom. The minimum Gasteiger partial charge on any atom is -0.0733 e. The van der Waals surface area contributed by atoms with E-state index in [0.717, 1.165) is 5.92 Å². The van der Waals surface area contributed by atoms with Crippen LogP contribution >= 0.6 is 0 Å². The van der Waals surface area contributed by atoms with Gasteiger partial charge in [-0.25, -0.2) is 0 Å². The van der Waals surface area contributed by atoms with Crippen molar-refractivity contribution in [3.05, 3.63) is 53.1 Å². The predicted molar refractivity (Wildman–Crippen MR) is 80.3 cm³/mol. The average molecular weight is 246 g/mol. The molecule has 2 unspecified atom stereocenters. The highest BCUT2D eigenvalue weighted by atomic mass is 14.5. The summed E-state index contributed by atoms with van der Waals surface area (Å²) < 4.78 is 0. The second-order valence-corrected chi connectivity index (χ2v) is 6.70. The first-order chi connectivity index (χ1) is 9.36. The summed E-state index contributed by atoms with van der Waals surface area (Å²) in [5.41, 5.74) is 5.15. The Hall–Kier alpha value is -1.56. The molecule has 94 valence electrons. The summed E-state index contributed by atoms with van der Waals surface area (Å²) in [6.45, 7) is 0. The molecule has 0 heteroatoms. The van der Waals surface area contributed by atoms with Crippen LogP contribution in [0.4, 0.5) is 0 Å². The third-order valence-corrected chi connectivity index (χ3v) is 5.64. The van der Waals surface area contributed by atoms with Crippen molar-refractivity contribution in [3.8, 4) is 0 Å². The van der Waals surface area contributed by atoms with E-state index in [0.29, 0.717) is 5.41 Å². The maximum atomic E-state index is 2.54. The third-order valence-electron chi connectivity index (χ3n) is 5.64. The molecule has 2 aromatic rings. The lowest BCUT2D eigenvalue weighted by Crippen LogP contribution is -2.38. The fourth-order valence-corrected chi connectivity index (χ4v) is 4.95. The molecule has 0 radical (unpaired) electrons. The summed E-state index contributed by atoms with van der Waals surface area (Å²) >= 11 is 0. The first-order valence-electron chi connectivity index (χ1n) is 7.60. The van der Waals surface area contributed by atoms with Crippen LogP contribution in [0.25, 0.3) is 16.8 Å². The molecule has 3 aliphatic carbocycles. The van der Waals surface area contributed by atoms with Gasteiger partial charge in [0.15, 0.2) is 0 Å². The molecule has 19 heavy (non-hydrogen) atoms. The van der Waals surface area contributed by atoms with E-state index >= 15 is 0 Å². The molecule has 0 aromatic heterocycles. The first-order valence-corrected chi connectivity index (χ1v) is 7.60. The SMILES string of the molecule is C1=CC23CCCC(Cc4ccc5cccc1c5c42)C3. The van der Waals surface area contributed by atoms with Gasteiger partial charge >= 0.3 is 0 Å². The van der Waals surface area contributed by atoms with Crippen molar-refractivity contribution in [1.82, 2.24) is 0 Å². The zero-order valence-corrected chi connectivity index (χ0v) is 11.2. The first kappa shape index (κ1) is 10.3. The van der Waals surface area contributed by atoms with Crippen LogP contribution in [0.2, 0.25) is 0 Å². The number of allylic oxidation sites excluding steroid dienone is 1. The monoisotopic (exact) mass is 246 g/mol. The molecule has 0 N–H and O–H groups in total. The fourth-order valence-electron chi connectivity index (χ4n) is 4.95. The quantitative estimate of drug-likeness (QED) is 0.623. The molecule has 1 fully saturated rings. The molecule has 0 heterocycles. The van der Waals surface area contributed by atoms with Crippen LogP contribution < -0.4 is 0 Å². The van der Waals surface area contributed by atoms with Gasteiger partial charge < -0.3 is 0 Å². The molecule has 2 bridgehead atoms. The van der Waals surface area contributed by atoms with Gasteiger partial charge in [-0.1, -0.05) is 55.3 Å². The Labute approximate surface area is 114 Å². The largest absolute Gasteiger partial charge is 0.0733 e. The van der Waals surface area contributed by atoms with Crippen LogP contribution in [0, 0.1) is 5.92 Å². The Morgan fingerprint density at radius 3 is 3.11 bits per heavy atom. The highest BCUT2D eigenvalue weighted by Gasteiger charge is 2.43. The van der Waals surface area contributed by atoms with E-state index in [1.807, 2.05) is 0 Å². The second-order valence-electron chi connectivity index (χ2n) is 6.70. The molecule has 0 aliphatic heterocycles. The van der Waals surface area contributed by atoms with E-state index in [-0.39, 0.29) is 0 Å². The van der Waals surface area contributed by atoms with Crippen LogP contribution in [-0.2, 0) is 11.8 Å². The molecule has 5 rings (SSSR count). The molecule has 0 nitrogen and oxygen atoms in total. The lowest BCUT2D eigenvalue weighted by molar-refractivity contribution is 0.243.